The van der Waals surface area contributed by atoms with Crippen molar-refractivity contribution in [2.24, 2.45) is 0 Å². The zero-order valence-electron chi connectivity index (χ0n) is 17.8. The number of nitrogens with one attached hydrogen (secondary N) is 2. The van der Waals surface area contributed by atoms with Gasteiger partial charge in [-0.25, -0.2) is 17.9 Å². The molecule has 0 radical (unpaired) electrons. The Labute approximate surface area is 174 Å². The summed E-state index contributed by atoms with van der Waals surface area (Å²) in [6.07, 6.45) is 3.75. The van der Waals surface area contributed by atoms with E-state index in [0.717, 1.165) is 24.8 Å². The van der Waals surface area contributed by atoms with Crippen molar-refractivity contribution in [3.05, 3.63) is 29.8 Å². The molecule has 1 aliphatic rings. The van der Waals surface area contributed by atoms with Crippen LogP contribution in [0.1, 0.15) is 64.9 Å². The maximum atomic E-state index is 12.8. The van der Waals surface area contributed by atoms with Gasteiger partial charge in [-0.1, -0.05) is 37.0 Å². The molecule has 0 aromatic heterocycles. The first-order valence-electron chi connectivity index (χ1n) is 10.2. The molecule has 1 aliphatic carbocycles. The molecule has 0 heterocycles. The third kappa shape index (κ3) is 7.95. The third-order valence-electron chi connectivity index (χ3n) is 4.96. The summed E-state index contributed by atoms with van der Waals surface area (Å²) >= 11 is 0. The van der Waals surface area contributed by atoms with Gasteiger partial charge in [0.25, 0.3) is 0 Å². The molecule has 1 atom stereocenters. The number of benzene rings is 1. The topological polar surface area (TPSA) is 105 Å². The Bertz CT molecular complexity index is 778. The highest BCUT2D eigenvalue weighted by Crippen LogP contribution is 2.32. The predicted octanol–water partition coefficient (Wildman–Crippen LogP) is 3.25. The Morgan fingerprint density at radius 1 is 1.17 bits per heavy atom. The maximum Gasteiger partial charge on any atom is 0.407 e. The molecule has 1 unspecified atom stereocenters. The summed E-state index contributed by atoms with van der Waals surface area (Å²) in [5, 5.41) is 13.5. The number of amides is 1. The van der Waals surface area contributed by atoms with E-state index in [1.807, 2.05) is 6.92 Å². The summed E-state index contributed by atoms with van der Waals surface area (Å²) < 4.78 is 33.6. The van der Waals surface area contributed by atoms with Crippen LogP contribution in [0.25, 0.3) is 0 Å². The van der Waals surface area contributed by atoms with E-state index in [9.17, 15) is 18.3 Å². The average molecular weight is 427 g/mol. The van der Waals surface area contributed by atoms with Crippen molar-refractivity contribution in [2.45, 2.75) is 88.4 Å². The number of alkyl carbamates (subject to hydrolysis) is 1. The van der Waals surface area contributed by atoms with Crippen molar-refractivity contribution in [3.63, 3.8) is 0 Å². The van der Waals surface area contributed by atoms with Crippen LogP contribution in [0, 0.1) is 6.92 Å². The summed E-state index contributed by atoms with van der Waals surface area (Å²) in [4.78, 5) is 12.2. The molecule has 0 spiro atoms. The smallest absolute Gasteiger partial charge is 0.407 e. The number of aliphatic hydroxyl groups is 1. The fourth-order valence-corrected chi connectivity index (χ4v) is 4.79. The molecule has 0 saturated heterocycles. The molecule has 1 saturated carbocycles. The Hall–Kier alpha value is -1.64. The molecule has 8 heteroatoms. The van der Waals surface area contributed by atoms with Gasteiger partial charge in [-0.2, -0.15) is 0 Å². The van der Waals surface area contributed by atoms with Crippen molar-refractivity contribution in [1.29, 1.82) is 0 Å². The van der Waals surface area contributed by atoms with Crippen molar-refractivity contribution in [2.75, 3.05) is 6.54 Å². The molecule has 164 valence electrons. The van der Waals surface area contributed by atoms with Gasteiger partial charge in [0, 0.05) is 12.6 Å². The average Bonchev–Trinajstić information content (AvgIpc) is 2.59. The highest BCUT2D eigenvalue weighted by atomic mass is 32.2. The van der Waals surface area contributed by atoms with Crippen LogP contribution in [0.15, 0.2) is 29.2 Å². The van der Waals surface area contributed by atoms with Gasteiger partial charge < -0.3 is 15.2 Å². The van der Waals surface area contributed by atoms with Crippen LogP contribution >= 0.6 is 0 Å². The minimum atomic E-state index is -3.79. The predicted molar refractivity (Wildman–Crippen MR) is 112 cm³/mol. The Morgan fingerprint density at radius 2 is 1.76 bits per heavy atom. The van der Waals surface area contributed by atoms with Crippen LogP contribution in [0.3, 0.4) is 0 Å². The van der Waals surface area contributed by atoms with E-state index < -0.39 is 33.4 Å². The number of rotatable bonds is 7. The normalized spacial score (nSPS) is 18.1. The number of hydrogen-bond donors (Lipinski definition) is 3. The second-order valence-electron chi connectivity index (χ2n) is 9.00. The lowest BCUT2D eigenvalue weighted by Crippen LogP contribution is -2.49. The SMILES string of the molecule is Cc1ccc(S(=O)(=O)NC(CNC(=O)OC(C)(C)C)CC2(O)CCCCC2)cc1. The molecule has 1 aromatic carbocycles. The first-order chi connectivity index (χ1) is 13.4. The Kier molecular flexibility index (Phi) is 7.70. The molecule has 29 heavy (non-hydrogen) atoms. The lowest BCUT2D eigenvalue weighted by Gasteiger charge is -2.35. The molecular weight excluding hydrogens is 392 g/mol. The van der Waals surface area contributed by atoms with E-state index in [0.29, 0.717) is 12.8 Å². The molecule has 1 aromatic rings. The lowest BCUT2D eigenvalue weighted by atomic mass is 9.80. The zero-order chi connectivity index (χ0) is 21.7. The van der Waals surface area contributed by atoms with Gasteiger partial charge in [0.05, 0.1) is 10.5 Å². The number of sulfonamides is 1. The van der Waals surface area contributed by atoms with Gasteiger partial charge in [0.15, 0.2) is 0 Å². The van der Waals surface area contributed by atoms with Crippen molar-refractivity contribution in [1.82, 2.24) is 10.0 Å². The summed E-state index contributed by atoms with van der Waals surface area (Å²) in [5.74, 6) is 0. The van der Waals surface area contributed by atoms with Crippen LogP contribution in [0.4, 0.5) is 4.79 Å². The van der Waals surface area contributed by atoms with Gasteiger partial charge in [-0.3, -0.25) is 0 Å². The molecule has 7 nitrogen and oxygen atoms in total. The molecular formula is C21H34N2O5S. The summed E-state index contributed by atoms with van der Waals surface area (Å²) in [6.45, 7) is 7.19. The molecule has 2 rings (SSSR count). The molecule has 1 amide bonds. The molecule has 3 N–H and O–H groups in total. The van der Waals surface area contributed by atoms with Gasteiger partial charge in [-0.15, -0.1) is 0 Å². The van der Waals surface area contributed by atoms with Crippen LogP contribution in [-0.2, 0) is 14.8 Å². The fraction of sp³-hybridized carbons (Fsp3) is 0.667. The van der Waals surface area contributed by atoms with Gasteiger partial charge >= 0.3 is 6.09 Å². The van der Waals surface area contributed by atoms with Gasteiger partial charge in [0.2, 0.25) is 10.0 Å². The number of ether oxygens (including phenoxy) is 1. The number of carbonyl (C=O) groups is 1. The summed E-state index contributed by atoms with van der Waals surface area (Å²) in [7, 11) is -3.79. The van der Waals surface area contributed by atoms with E-state index in [4.69, 9.17) is 4.74 Å². The number of carbonyl (C=O) groups excluding carboxylic acids is 1. The van der Waals surface area contributed by atoms with E-state index in [2.05, 4.69) is 10.0 Å². The van der Waals surface area contributed by atoms with E-state index in [1.165, 1.54) is 0 Å². The Morgan fingerprint density at radius 3 is 2.31 bits per heavy atom. The second kappa shape index (κ2) is 9.45. The minimum absolute atomic E-state index is 0.0301. The highest BCUT2D eigenvalue weighted by molar-refractivity contribution is 7.89. The molecule has 0 bridgehead atoms. The van der Waals surface area contributed by atoms with Crippen LogP contribution in [0.5, 0.6) is 0 Å². The summed E-state index contributed by atoms with van der Waals surface area (Å²) in [6, 6.07) is 5.90. The van der Waals surface area contributed by atoms with Crippen LogP contribution < -0.4 is 10.0 Å². The van der Waals surface area contributed by atoms with E-state index in [1.54, 1.807) is 45.0 Å². The Balaban J connectivity index is 2.12. The molecule has 0 aliphatic heterocycles. The highest BCUT2D eigenvalue weighted by Gasteiger charge is 2.34. The van der Waals surface area contributed by atoms with Crippen molar-refractivity contribution < 1.29 is 23.1 Å². The standard InChI is InChI=1S/C21H34N2O5S/c1-16-8-10-18(11-9-16)29(26,27)23-17(14-21(25)12-6-5-7-13-21)15-22-19(24)28-20(2,3)4/h8-11,17,23,25H,5-7,12-15H2,1-4H3,(H,22,24). The number of aryl methyl sites for hydroxylation is 1. The number of hydrogen-bond acceptors (Lipinski definition) is 5. The first-order valence-corrected chi connectivity index (χ1v) is 11.7. The van der Waals surface area contributed by atoms with Gasteiger partial charge in [-0.05, 0) is 59.1 Å². The van der Waals surface area contributed by atoms with Crippen molar-refractivity contribution >= 4 is 16.1 Å². The van der Waals surface area contributed by atoms with Crippen LogP contribution in [-0.4, -0.2) is 43.4 Å². The third-order valence-corrected chi connectivity index (χ3v) is 6.49. The van der Waals surface area contributed by atoms with E-state index in [-0.39, 0.29) is 17.9 Å². The monoisotopic (exact) mass is 426 g/mol. The minimum Gasteiger partial charge on any atom is -0.444 e. The lowest BCUT2D eigenvalue weighted by molar-refractivity contribution is -0.0109. The fourth-order valence-electron chi connectivity index (χ4n) is 3.55. The first kappa shape index (κ1) is 23.6. The maximum absolute atomic E-state index is 12.8. The molecule has 1 fully saturated rings. The quantitative estimate of drug-likeness (QED) is 0.621. The zero-order valence-corrected chi connectivity index (χ0v) is 18.6. The van der Waals surface area contributed by atoms with E-state index >= 15 is 0 Å². The van der Waals surface area contributed by atoms with Gasteiger partial charge in [0.1, 0.15) is 5.60 Å². The summed E-state index contributed by atoms with van der Waals surface area (Å²) in [5.41, 5.74) is -0.625. The van der Waals surface area contributed by atoms with Crippen LogP contribution in [0.2, 0.25) is 0 Å². The largest absolute Gasteiger partial charge is 0.444 e. The second-order valence-corrected chi connectivity index (χ2v) is 10.7. The van der Waals surface area contributed by atoms with Crippen molar-refractivity contribution in [3.8, 4) is 0 Å².